The van der Waals surface area contributed by atoms with Crippen LogP contribution < -0.4 is 10.1 Å². The molecule has 1 aromatic rings. The predicted molar refractivity (Wildman–Crippen MR) is 70.2 cm³/mol. The van der Waals surface area contributed by atoms with Crippen LogP contribution >= 0.6 is 0 Å². The van der Waals surface area contributed by atoms with Crippen LogP contribution in [-0.4, -0.2) is 23.9 Å². The molecule has 0 radical (unpaired) electrons. The summed E-state index contributed by atoms with van der Waals surface area (Å²) in [5.74, 6) is 0.931. The van der Waals surface area contributed by atoms with Crippen LogP contribution in [0.2, 0.25) is 0 Å². The molecule has 0 aliphatic carbocycles. The van der Waals surface area contributed by atoms with E-state index in [1.807, 2.05) is 24.3 Å². The summed E-state index contributed by atoms with van der Waals surface area (Å²) in [5.41, 5.74) is 1.13. The maximum absolute atomic E-state index is 9.19. The highest BCUT2D eigenvalue weighted by Crippen LogP contribution is 2.19. The maximum atomic E-state index is 9.19. The van der Waals surface area contributed by atoms with Gasteiger partial charge in [0.25, 0.3) is 0 Å². The molecule has 0 spiro atoms. The van der Waals surface area contributed by atoms with Crippen molar-refractivity contribution in [1.29, 1.82) is 0 Å². The van der Waals surface area contributed by atoms with Crippen molar-refractivity contribution in [3.63, 3.8) is 0 Å². The Morgan fingerprint density at radius 1 is 1.29 bits per heavy atom. The first-order valence-electron chi connectivity index (χ1n) is 6.26. The van der Waals surface area contributed by atoms with E-state index < -0.39 is 0 Å². The largest absolute Gasteiger partial charge is 0.490 e. The third-order valence-corrected chi connectivity index (χ3v) is 2.63. The second-order valence-corrected chi connectivity index (χ2v) is 4.42. The van der Waals surface area contributed by atoms with Gasteiger partial charge in [-0.2, -0.15) is 0 Å². The Labute approximate surface area is 104 Å². The lowest BCUT2D eigenvalue weighted by Crippen LogP contribution is -2.24. The lowest BCUT2D eigenvalue weighted by atomic mass is 10.2. The summed E-state index contributed by atoms with van der Waals surface area (Å²) in [7, 11) is 0. The van der Waals surface area contributed by atoms with Gasteiger partial charge in [-0.15, -0.1) is 0 Å². The Bertz CT molecular complexity index is 326. The monoisotopic (exact) mass is 237 g/mol. The van der Waals surface area contributed by atoms with Crippen LogP contribution in [0.1, 0.15) is 32.8 Å². The van der Waals surface area contributed by atoms with Gasteiger partial charge in [-0.1, -0.05) is 25.1 Å². The van der Waals surface area contributed by atoms with Crippen LogP contribution in [0.15, 0.2) is 24.3 Å². The van der Waals surface area contributed by atoms with Gasteiger partial charge in [0, 0.05) is 18.7 Å². The molecule has 0 bridgehead atoms. The molecule has 0 fully saturated rings. The van der Waals surface area contributed by atoms with Crippen molar-refractivity contribution in [3.05, 3.63) is 29.8 Å². The van der Waals surface area contributed by atoms with Crippen molar-refractivity contribution in [2.24, 2.45) is 0 Å². The van der Waals surface area contributed by atoms with E-state index in [-0.39, 0.29) is 12.2 Å². The average Bonchev–Trinajstić information content (AvgIpc) is 2.30. The van der Waals surface area contributed by atoms with Gasteiger partial charge in [0.2, 0.25) is 0 Å². The second kappa shape index (κ2) is 7.30. The van der Waals surface area contributed by atoms with E-state index in [0.717, 1.165) is 24.3 Å². The Hall–Kier alpha value is -1.06. The lowest BCUT2D eigenvalue weighted by molar-refractivity contribution is 0.189. The van der Waals surface area contributed by atoms with E-state index in [1.54, 1.807) is 6.92 Å². The minimum atomic E-state index is -0.322. The summed E-state index contributed by atoms with van der Waals surface area (Å²) in [6.07, 6.45) is 0.903. The topological polar surface area (TPSA) is 41.5 Å². The maximum Gasteiger partial charge on any atom is 0.124 e. The van der Waals surface area contributed by atoms with Crippen molar-refractivity contribution in [3.8, 4) is 5.75 Å². The van der Waals surface area contributed by atoms with E-state index in [1.165, 1.54) is 0 Å². The van der Waals surface area contributed by atoms with Gasteiger partial charge in [-0.25, -0.2) is 0 Å². The Kier molecular flexibility index (Phi) is 6.01. The summed E-state index contributed by atoms with van der Waals surface area (Å²) in [6.45, 7) is 7.27. The second-order valence-electron chi connectivity index (χ2n) is 4.42. The van der Waals surface area contributed by atoms with Crippen LogP contribution in [-0.2, 0) is 6.54 Å². The zero-order valence-electron chi connectivity index (χ0n) is 10.9. The van der Waals surface area contributed by atoms with Crippen LogP contribution in [0, 0.1) is 0 Å². The Balaban J connectivity index is 2.57. The smallest absolute Gasteiger partial charge is 0.124 e. The van der Waals surface area contributed by atoms with Crippen LogP contribution in [0.3, 0.4) is 0 Å². The first-order valence-corrected chi connectivity index (χ1v) is 6.26. The molecule has 0 saturated carbocycles. The molecule has 2 atom stereocenters. The number of hydrogen-bond donors (Lipinski definition) is 2. The summed E-state index contributed by atoms with van der Waals surface area (Å²) >= 11 is 0. The normalized spacial score (nSPS) is 14.4. The van der Waals surface area contributed by atoms with Crippen LogP contribution in [0.25, 0.3) is 0 Å². The molecule has 3 heteroatoms. The first kappa shape index (κ1) is 14.0. The number of ether oxygens (including phenoxy) is 1. The highest BCUT2D eigenvalue weighted by atomic mass is 16.5. The molecule has 1 rings (SSSR count). The number of hydrogen-bond acceptors (Lipinski definition) is 3. The Morgan fingerprint density at radius 2 is 2.00 bits per heavy atom. The van der Waals surface area contributed by atoms with E-state index in [2.05, 4.69) is 19.2 Å². The minimum absolute atomic E-state index is 0.230. The van der Waals surface area contributed by atoms with Gasteiger partial charge >= 0.3 is 0 Å². The van der Waals surface area contributed by atoms with E-state index in [0.29, 0.717) is 6.54 Å². The van der Waals surface area contributed by atoms with Crippen LogP contribution in [0.4, 0.5) is 0 Å². The SMILES string of the molecule is CCC(C)Oc1ccccc1CNCC(C)O. The van der Waals surface area contributed by atoms with Gasteiger partial charge in [0.15, 0.2) is 0 Å². The number of para-hydroxylation sites is 1. The molecule has 2 N–H and O–H groups in total. The molecule has 0 aromatic heterocycles. The number of benzene rings is 1. The van der Waals surface area contributed by atoms with Gasteiger partial charge in [0.05, 0.1) is 12.2 Å². The van der Waals surface area contributed by atoms with Crippen LogP contribution in [0.5, 0.6) is 5.75 Å². The average molecular weight is 237 g/mol. The number of rotatable bonds is 7. The lowest BCUT2D eigenvalue weighted by Gasteiger charge is -2.16. The molecule has 0 aliphatic heterocycles. The summed E-state index contributed by atoms with van der Waals surface area (Å²) in [6, 6.07) is 8.02. The summed E-state index contributed by atoms with van der Waals surface area (Å²) in [4.78, 5) is 0. The molecule has 0 saturated heterocycles. The number of aliphatic hydroxyl groups excluding tert-OH is 1. The Morgan fingerprint density at radius 3 is 2.65 bits per heavy atom. The molecule has 96 valence electrons. The van der Waals surface area contributed by atoms with Gasteiger partial charge in [0.1, 0.15) is 5.75 Å². The number of aliphatic hydroxyl groups is 1. The molecule has 0 amide bonds. The molecule has 3 nitrogen and oxygen atoms in total. The highest BCUT2D eigenvalue weighted by molar-refractivity contribution is 5.33. The molecule has 2 unspecified atom stereocenters. The van der Waals surface area contributed by atoms with Gasteiger partial charge in [-0.3, -0.25) is 0 Å². The third-order valence-electron chi connectivity index (χ3n) is 2.63. The fraction of sp³-hybridized carbons (Fsp3) is 0.571. The molecular formula is C14H23NO2. The molecule has 0 aliphatic rings. The van der Waals surface area contributed by atoms with Gasteiger partial charge in [-0.05, 0) is 26.3 Å². The van der Waals surface area contributed by atoms with Crippen molar-refractivity contribution < 1.29 is 9.84 Å². The predicted octanol–water partition coefficient (Wildman–Crippen LogP) is 2.33. The summed E-state index contributed by atoms with van der Waals surface area (Å²) in [5, 5.41) is 12.4. The zero-order valence-corrected chi connectivity index (χ0v) is 10.9. The fourth-order valence-electron chi connectivity index (χ4n) is 1.48. The van der Waals surface area contributed by atoms with Crippen molar-refractivity contribution in [1.82, 2.24) is 5.32 Å². The molecule has 0 heterocycles. The summed E-state index contributed by atoms with van der Waals surface area (Å²) < 4.78 is 5.85. The molecular weight excluding hydrogens is 214 g/mol. The zero-order chi connectivity index (χ0) is 12.7. The van der Waals surface area contributed by atoms with E-state index in [9.17, 15) is 5.11 Å². The fourth-order valence-corrected chi connectivity index (χ4v) is 1.48. The first-order chi connectivity index (χ1) is 8.13. The quantitative estimate of drug-likeness (QED) is 0.765. The number of nitrogens with one attached hydrogen (secondary N) is 1. The minimum Gasteiger partial charge on any atom is -0.490 e. The van der Waals surface area contributed by atoms with E-state index >= 15 is 0 Å². The highest BCUT2D eigenvalue weighted by Gasteiger charge is 2.06. The third kappa shape index (κ3) is 5.20. The van der Waals surface area contributed by atoms with Gasteiger partial charge < -0.3 is 15.2 Å². The van der Waals surface area contributed by atoms with Crippen molar-refractivity contribution in [2.45, 2.75) is 45.9 Å². The van der Waals surface area contributed by atoms with Crippen molar-refractivity contribution in [2.75, 3.05) is 6.54 Å². The van der Waals surface area contributed by atoms with Crippen molar-refractivity contribution >= 4 is 0 Å². The molecule has 1 aromatic carbocycles. The van der Waals surface area contributed by atoms with E-state index in [4.69, 9.17) is 4.74 Å². The standard InChI is InChI=1S/C14H23NO2/c1-4-12(3)17-14-8-6-5-7-13(14)10-15-9-11(2)16/h5-8,11-12,15-16H,4,9-10H2,1-3H3. The molecule has 17 heavy (non-hydrogen) atoms.